The summed E-state index contributed by atoms with van der Waals surface area (Å²) in [4.78, 5) is 24.4. The first kappa shape index (κ1) is 15.4. The van der Waals surface area contributed by atoms with Crippen LogP contribution in [0.25, 0.3) is 0 Å². The van der Waals surface area contributed by atoms with Gasteiger partial charge in [-0.25, -0.2) is 5.01 Å². The minimum absolute atomic E-state index is 0.114. The van der Waals surface area contributed by atoms with E-state index in [9.17, 15) is 9.59 Å². The lowest BCUT2D eigenvalue weighted by atomic mass is 10.1. The number of hydrogen-bond acceptors (Lipinski definition) is 3. The Balaban J connectivity index is 1.80. The lowest BCUT2D eigenvalue weighted by molar-refractivity contribution is -0.118. The third-order valence-corrected chi connectivity index (χ3v) is 3.93. The number of carbonyl (C=O) groups is 2. The summed E-state index contributed by atoms with van der Waals surface area (Å²) in [5.41, 5.74) is 1.69. The Labute approximate surface area is 142 Å². The van der Waals surface area contributed by atoms with Gasteiger partial charge in [0.1, 0.15) is 5.71 Å². The van der Waals surface area contributed by atoms with Gasteiger partial charge in [0.05, 0.1) is 5.69 Å². The second kappa shape index (κ2) is 6.75. The van der Waals surface area contributed by atoms with Crippen LogP contribution in [0, 0.1) is 0 Å². The molecule has 3 rings (SSSR count). The van der Waals surface area contributed by atoms with E-state index in [4.69, 9.17) is 0 Å². The van der Waals surface area contributed by atoms with Crippen molar-refractivity contribution >= 4 is 44.8 Å². The first-order chi connectivity index (χ1) is 11.1. The van der Waals surface area contributed by atoms with Gasteiger partial charge in [-0.1, -0.05) is 34.1 Å². The maximum atomic E-state index is 12.3. The molecule has 116 valence electrons. The number of hydrogen-bond donors (Lipinski definition) is 1. The fraction of sp³-hybridized carbons (Fsp3) is 0.118. The lowest BCUT2D eigenvalue weighted by Crippen LogP contribution is -2.36. The van der Waals surface area contributed by atoms with Crippen molar-refractivity contribution in [1.29, 1.82) is 0 Å². The molecule has 0 bridgehead atoms. The highest BCUT2D eigenvalue weighted by molar-refractivity contribution is 9.10. The van der Waals surface area contributed by atoms with Crippen LogP contribution in [0.15, 0.2) is 64.2 Å². The second-order valence-corrected chi connectivity index (χ2v) is 5.96. The summed E-state index contributed by atoms with van der Waals surface area (Å²) in [5.74, 6) is -0.405. The van der Waals surface area contributed by atoms with E-state index in [0.717, 1.165) is 4.47 Å². The maximum Gasteiger partial charge on any atom is 0.271 e. The molecule has 0 atom stereocenters. The molecule has 6 heteroatoms. The molecule has 0 unspecified atom stereocenters. The number of rotatable bonds is 3. The molecule has 0 aliphatic carbocycles. The van der Waals surface area contributed by atoms with Crippen molar-refractivity contribution in [2.45, 2.75) is 12.8 Å². The van der Waals surface area contributed by atoms with Gasteiger partial charge in [-0.05, 0) is 36.4 Å². The quantitative estimate of drug-likeness (QED) is 0.896. The number of nitrogens with zero attached hydrogens (tertiary/aromatic N) is 2. The van der Waals surface area contributed by atoms with Crippen LogP contribution in [0.4, 0.5) is 11.4 Å². The zero-order chi connectivity index (χ0) is 16.2. The number of anilines is 2. The van der Waals surface area contributed by atoms with Crippen molar-refractivity contribution in [3.05, 3.63) is 59.1 Å². The molecule has 2 amide bonds. The normalized spacial score (nSPS) is 14.4. The third kappa shape index (κ3) is 3.65. The predicted molar refractivity (Wildman–Crippen MR) is 93.4 cm³/mol. The van der Waals surface area contributed by atoms with E-state index in [1.807, 2.05) is 30.3 Å². The van der Waals surface area contributed by atoms with Gasteiger partial charge in [-0.2, -0.15) is 5.10 Å². The molecule has 1 aliphatic rings. The summed E-state index contributed by atoms with van der Waals surface area (Å²) in [6.07, 6.45) is 0.603. The molecule has 2 aromatic rings. The maximum absolute atomic E-state index is 12.3. The molecule has 0 saturated heterocycles. The average Bonchev–Trinajstić information content (AvgIpc) is 2.58. The number of hydrazone groups is 1. The Morgan fingerprint density at radius 3 is 2.43 bits per heavy atom. The predicted octanol–water partition coefficient (Wildman–Crippen LogP) is 3.57. The largest absolute Gasteiger partial charge is 0.321 e. The van der Waals surface area contributed by atoms with Crippen molar-refractivity contribution in [2.75, 3.05) is 10.3 Å². The zero-order valence-electron chi connectivity index (χ0n) is 12.2. The minimum atomic E-state index is -0.291. The van der Waals surface area contributed by atoms with Crippen molar-refractivity contribution in [1.82, 2.24) is 0 Å². The fourth-order valence-corrected chi connectivity index (χ4v) is 2.49. The molecular formula is C17H14BrN3O2. The number of benzene rings is 2. The van der Waals surface area contributed by atoms with Crippen LogP contribution in [0.1, 0.15) is 12.8 Å². The van der Waals surface area contributed by atoms with Gasteiger partial charge in [0, 0.05) is 23.0 Å². The third-order valence-electron chi connectivity index (χ3n) is 3.40. The SMILES string of the molecule is O=C(Nc1ccc(Br)cc1)C1=NN(c2ccccc2)C(=O)CC1. The summed E-state index contributed by atoms with van der Waals surface area (Å²) < 4.78 is 0.936. The van der Waals surface area contributed by atoms with E-state index in [0.29, 0.717) is 23.5 Å². The molecule has 0 aromatic heterocycles. The topological polar surface area (TPSA) is 61.8 Å². The monoisotopic (exact) mass is 371 g/mol. The van der Waals surface area contributed by atoms with Crippen LogP contribution in [0.2, 0.25) is 0 Å². The molecule has 0 saturated carbocycles. The van der Waals surface area contributed by atoms with Crippen LogP contribution in [-0.4, -0.2) is 17.5 Å². The molecule has 5 nitrogen and oxygen atoms in total. The van der Waals surface area contributed by atoms with Crippen LogP contribution >= 0.6 is 15.9 Å². The van der Waals surface area contributed by atoms with E-state index >= 15 is 0 Å². The second-order valence-electron chi connectivity index (χ2n) is 5.05. The van der Waals surface area contributed by atoms with Crippen LogP contribution in [-0.2, 0) is 9.59 Å². The number of amides is 2. The Kier molecular flexibility index (Phi) is 4.52. The minimum Gasteiger partial charge on any atom is -0.321 e. The van der Waals surface area contributed by atoms with Gasteiger partial charge < -0.3 is 5.32 Å². The molecule has 2 aromatic carbocycles. The molecular weight excluding hydrogens is 358 g/mol. The summed E-state index contributed by atoms with van der Waals surface area (Å²) in [6.45, 7) is 0. The molecule has 1 heterocycles. The molecule has 0 spiro atoms. The van der Waals surface area contributed by atoms with Crippen LogP contribution < -0.4 is 10.3 Å². The van der Waals surface area contributed by atoms with E-state index in [1.165, 1.54) is 5.01 Å². The van der Waals surface area contributed by atoms with Gasteiger partial charge >= 0.3 is 0 Å². The Bertz CT molecular complexity index is 757. The number of nitrogens with one attached hydrogen (secondary N) is 1. The number of para-hydroxylation sites is 1. The van der Waals surface area contributed by atoms with Gasteiger partial charge in [0.25, 0.3) is 5.91 Å². The van der Waals surface area contributed by atoms with E-state index in [-0.39, 0.29) is 18.2 Å². The molecule has 1 aliphatic heterocycles. The van der Waals surface area contributed by atoms with Gasteiger partial charge in [0.15, 0.2) is 0 Å². The van der Waals surface area contributed by atoms with E-state index < -0.39 is 0 Å². The number of carbonyl (C=O) groups excluding carboxylic acids is 2. The van der Waals surface area contributed by atoms with Crippen LogP contribution in [0.5, 0.6) is 0 Å². The highest BCUT2D eigenvalue weighted by atomic mass is 79.9. The summed E-state index contributed by atoms with van der Waals surface area (Å²) >= 11 is 3.35. The molecule has 0 radical (unpaired) electrons. The first-order valence-corrected chi connectivity index (χ1v) is 7.95. The Hall–Kier alpha value is -2.47. The Morgan fingerprint density at radius 1 is 1.04 bits per heavy atom. The van der Waals surface area contributed by atoms with Crippen molar-refractivity contribution in [3.8, 4) is 0 Å². The highest BCUT2D eigenvalue weighted by Gasteiger charge is 2.25. The van der Waals surface area contributed by atoms with Crippen molar-refractivity contribution in [3.63, 3.8) is 0 Å². The van der Waals surface area contributed by atoms with Crippen LogP contribution in [0.3, 0.4) is 0 Å². The summed E-state index contributed by atoms with van der Waals surface area (Å²) in [6, 6.07) is 16.4. The highest BCUT2D eigenvalue weighted by Crippen LogP contribution is 2.20. The summed E-state index contributed by atoms with van der Waals surface area (Å²) in [5, 5.41) is 8.31. The smallest absolute Gasteiger partial charge is 0.271 e. The summed E-state index contributed by atoms with van der Waals surface area (Å²) in [7, 11) is 0. The molecule has 1 N–H and O–H groups in total. The first-order valence-electron chi connectivity index (χ1n) is 7.16. The lowest BCUT2D eigenvalue weighted by Gasteiger charge is -2.23. The van der Waals surface area contributed by atoms with E-state index in [2.05, 4.69) is 26.3 Å². The Morgan fingerprint density at radius 2 is 1.74 bits per heavy atom. The van der Waals surface area contributed by atoms with Gasteiger partial charge in [-0.15, -0.1) is 0 Å². The standard InChI is InChI=1S/C17H14BrN3O2/c18-12-6-8-13(9-7-12)19-17(23)15-10-11-16(22)21(20-15)14-4-2-1-3-5-14/h1-9H,10-11H2,(H,19,23). The van der Waals surface area contributed by atoms with E-state index in [1.54, 1.807) is 24.3 Å². The number of halogens is 1. The average molecular weight is 372 g/mol. The van der Waals surface area contributed by atoms with Gasteiger partial charge in [0.2, 0.25) is 5.91 Å². The molecule has 0 fully saturated rings. The zero-order valence-corrected chi connectivity index (χ0v) is 13.8. The molecule has 23 heavy (non-hydrogen) atoms. The fourth-order valence-electron chi connectivity index (χ4n) is 2.22. The van der Waals surface area contributed by atoms with Crippen molar-refractivity contribution < 1.29 is 9.59 Å². The van der Waals surface area contributed by atoms with Gasteiger partial charge in [-0.3, -0.25) is 9.59 Å². The van der Waals surface area contributed by atoms with Crippen molar-refractivity contribution in [2.24, 2.45) is 5.10 Å².